The minimum absolute atomic E-state index is 0.0427. The smallest absolute Gasteiger partial charge is 0.248 e. The van der Waals surface area contributed by atoms with Gasteiger partial charge in [0.2, 0.25) is 10.0 Å². The molecule has 21 heavy (non-hydrogen) atoms. The van der Waals surface area contributed by atoms with E-state index in [1.807, 2.05) is 6.92 Å². The van der Waals surface area contributed by atoms with Gasteiger partial charge < -0.3 is 5.32 Å². The van der Waals surface area contributed by atoms with Crippen molar-refractivity contribution >= 4 is 10.0 Å². The van der Waals surface area contributed by atoms with Crippen molar-refractivity contribution < 1.29 is 17.2 Å². The van der Waals surface area contributed by atoms with Crippen LogP contribution in [0.3, 0.4) is 0 Å². The highest BCUT2D eigenvalue weighted by Gasteiger charge is 2.32. The van der Waals surface area contributed by atoms with Gasteiger partial charge in [-0.25, -0.2) is 17.2 Å². The van der Waals surface area contributed by atoms with Crippen LogP contribution in [0.1, 0.15) is 26.2 Å². The summed E-state index contributed by atoms with van der Waals surface area (Å²) in [5.41, 5.74) is 0. The van der Waals surface area contributed by atoms with Crippen LogP contribution in [0.15, 0.2) is 23.1 Å². The van der Waals surface area contributed by atoms with Crippen molar-refractivity contribution in [1.29, 1.82) is 0 Å². The van der Waals surface area contributed by atoms with E-state index in [1.165, 1.54) is 4.31 Å². The Morgan fingerprint density at radius 1 is 1.33 bits per heavy atom. The third-order valence-corrected chi connectivity index (χ3v) is 5.49. The van der Waals surface area contributed by atoms with Crippen LogP contribution in [-0.2, 0) is 10.0 Å². The monoisotopic (exact) mass is 318 g/mol. The van der Waals surface area contributed by atoms with Crippen LogP contribution in [-0.4, -0.2) is 38.4 Å². The molecule has 1 unspecified atom stereocenters. The molecule has 1 fully saturated rings. The predicted molar refractivity (Wildman–Crippen MR) is 76.4 cm³/mol. The molecular formula is C14H20F2N2O2S. The molecule has 1 saturated heterocycles. The van der Waals surface area contributed by atoms with E-state index >= 15 is 0 Å². The number of halogens is 2. The number of hydrogen-bond acceptors (Lipinski definition) is 3. The Labute approximate surface area is 124 Å². The number of hydrogen-bond donors (Lipinski definition) is 1. The molecule has 0 saturated carbocycles. The van der Waals surface area contributed by atoms with Gasteiger partial charge in [0.05, 0.1) is 0 Å². The van der Waals surface area contributed by atoms with E-state index in [0.29, 0.717) is 6.42 Å². The van der Waals surface area contributed by atoms with Crippen molar-refractivity contribution in [3.05, 3.63) is 29.8 Å². The summed E-state index contributed by atoms with van der Waals surface area (Å²) in [7, 11) is -4.17. The van der Waals surface area contributed by atoms with Gasteiger partial charge in [-0.2, -0.15) is 4.31 Å². The van der Waals surface area contributed by atoms with Crippen molar-refractivity contribution in [2.75, 3.05) is 19.6 Å². The topological polar surface area (TPSA) is 49.4 Å². The number of nitrogens with zero attached hydrogens (tertiary/aromatic N) is 1. The first kappa shape index (κ1) is 16.3. The first-order chi connectivity index (χ1) is 9.96. The van der Waals surface area contributed by atoms with Crippen LogP contribution in [0.4, 0.5) is 8.78 Å². The van der Waals surface area contributed by atoms with E-state index in [2.05, 4.69) is 5.32 Å². The molecule has 1 aromatic rings. The predicted octanol–water partition coefficient (Wildman–Crippen LogP) is 2.12. The Bertz CT molecular complexity index is 566. The molecule has 1 aromatic carbocycles. The Balaban J connectivity index is 2.32. The Hall–Kier alpha value is -1.05. The molecule has 1 aliphatic rings. The van der Waals surface area contributed by atoms with Crippen LogP contribution >= 0.6 is 0 Å². The molecule has 118 valence electrons. The summed E-state index contributed by atoms with van der Waals surface area (Å²) >= 11 is 0. The van der Waals surface area contributed by atoms with Gasteiger partial charge in [0, 0.05) is 19.1 Å². The quantitative estimate of drug-likeness (QED) is 0.874. The highest BCUT2D eigenvalue weighted by atomic mass is 32.2. The molecule has 0 spiro atoms. The zero-order valence-electron chi connectivity index (χ0n) is 12.0. The molecule has 0 bridgehead atoms. The lowest BCUT2D eigenvalue weighted by Crippen LogP contribution is -2.42. The fourth-order valence-corrected chi connectivity index (χ4v) is 4.26. The zero-order chi connectivity index (χ0) is 15.5. The molecule has 1 N–H and O–H groups in total. The second kappa shape index (κ2) is 6.81. The standard InChI is InChI=1S/C14H20F2N2O2S/c1-2-9-18(10-11-5-4-8-17-11)21(19,20)14-12(15)6-3-7-13(14)16/h3,6-7,11,17H,2,4-5,8-10H2,1H3. The highest BCUT2D eigenvalue weighted by molar-refractivity contribution is 7.89. The highest BCUT2D eigenvalue weighted by Crippen LogP contribution is 2.23. The normalized spacial score (nSPS) is 19.3. The average molecular weight is 318 g/mol. The number of sulfonamides is 1. The van der Waals surface area contributed by atoms with Crippen LogP contribution in [0.2, 0.25) is 0 Å². The van der Waals surface area contributed by atoms with Crippen LogP contribution in [0.5, 0.6) is 0 Å². The minimum Gasteiger partial charge on any atom is -0.313 e. The first-order valence-electron chi connectivity index (χ1n) is 7.14. The number of rotatable bonds is 6. The van der Waals surface area contributed by atoms with Gasteiger partial charge in [0.1, 0.15) is 11.6 Å². The molecule has 0 aromatic heterocycles. The maximum Gasteiger partial charge on any atom is 0.248 e. The average Bonchev–Trinajstić information content (AvgIpc) is 2.90. The maximum atomic E-state index is 13.8. The van der Waals surface area contributed by atoms with Crippen LogP contribution in [0.25, 0.3) is 0 Å². The summed E-state index contributed by atoms with van der Waals surface area (Å²) in [4.78, 5) is -0.851. The van der Waals surface area contributed by atoms with Gasteiger partial charge in [-0.05, 0) is 37.9 Å². The Morgan fingerprint density at radius 3 is 2.52 bits per heavy atom. The molecule has 4 nitrogen and oxygen atoms in total. The molecule has 1 atom stereocenters. The summed E-state index contributed by atoms with van der Waals surface area (Å²) in [6.45, 7) is 3.17. The maximum absolute atomic E-state index is 13.8. The van der Waals surface area contributed by atoms with Gasteiger partial charge in [0.15, 0.2) is 4.90 Å². The van der Waals surface area contributed by atoms with E-state index in [4.69, 9.17) is 0 Å². The molecular weight excluding hydrogens is 298 g/mol. The first-order valence-corrected chi connectivity index (χ1v) is 8.58. The summed E-state index contributed by atoms with van der Waals surface area (Å²) in [6, 6.07) is 3.13. The number of nitrogens with one attached hydrogen (secondary N) is 1. The Kier molecular flexibility index (Phi) is 5.29. The second-order valence-electron chi connectivity index (χ2n) is 5.21. The number of benzene rings is 1. The van der Waals surface area contributed by atoms with E-state index < -0.39 is 26.6 Å². The van der Waals surface area contributed by atoms with Crippen molar-refractivity contribution in [3.8, 4) is 0 Å². The van der Waals surface area contributed by atoms with Crippen LogP contribution < -0.4 is 5.32 Å². The summed E-state index contributed by atoms with van der Waals surface area (Å²) in [5.74, 6) is -2.09. The Morgan fingerprint density at radius 2 is 2.00 bits per heavy atom. The third kappa shape index (κ3) is 3.59. The largest absolute Gasteiger partial charge is 0.313 e. The SMILES string of the molecule is CCCN(CC1CCCN1)S(=O)(=O)c1c(F)cccc1F. The summed E-state index contributed by atoms with van der Waals surface area (Å²) < 4.78 is 53.9. The molecule has 0 radical (unpaired) electrons. The molecule has 7 heteroatoms. The van der Waals surface area contributed by atoms with Gasteiger partial charge >= 0.3 is 0 Å². The fourth-order valence-electron chi connectivity index (χ4n) is 2.58. The summed E-state index contributed by atoms with van der Waals surface area (Å²) in [6.07, 6.45) is 2.44. The van der Waals surface area contributed by atoms with Gasteiger partial charge in [-0.3, -0.25) is 0 Å². The van der Waals surface area contributed by atoms with Gasteiger partial charge in [-0.1, -0.05) is 13.0 Å². The molecule has 2 rings (SSSR count). The van der Waals surface area contributed by atoms with Crippen molar-refractivity contribution in [2.45, 2.75) is 37.1 Å². The van der Waals surface area contributed by atoms with E-state index in [9.17, 15) is 17.2 Å². The van der Waals surface area contributed by atoms with Crippen molar-refractivity contribution in [3.63, 3.8) is 0 Å². The third-order valence-electron chi connectivity index (χ3n) is 3.58. The van der Waals surface area contributed by atoms with E-state index in [-0.39, 0.29) is 19.1 Å². The van der Waals surface area contributed by atoms with Gasteiger partial charge in [-0.15, -0.1) is 0 Å². The molecule has 0 amide bonds. The second-order valence-corrected chi connectivity index (χ2v) is 7.08. The molecule has 1 heterocycles. The van der Waals surface area contributed by atoms with Crippen molar-refractivity contribution in [1.82, 2.24) is 9.62 Å². The molecule has 1 aliphatic heterocycles. The zero-order valence-corrected chi connectivity index (χ0v) is 12.8. The lowest BCUT2D eigenvalue weighted by atomic mass is 10.2. The summed E-state index contributed by atoms with van der Waals surface area (Å²) in [5, 5.41) is 3.20. The fraction of sp³-hybridized carbons (Fsp3) is 0.571. The minimum atomic E-state index is -4.17. The van der Waals surface area contributed by atoms with E-state index in [1.54, 1.807) is 0 Å². The lowest BCUT2D eigenvalue weighted by Gasteiger charge is -2.25. The lowest BCUT2D eigenvalue weighted by molar-refractivity contribution is 0.364. The van der Waals surface area contributed by atoms with Crippen molar-refractivity contribution in [2.24, 2.45) is 0 Å². The van der Waals surface area contributed by atoms with Gasteiger partial charge in [0.25, 0.3) is 0 Å². The van der Waals surface area contributed by atoms with Crippen LogP contribution in [0, 0.1) is 11.6 Å². The van der Waals surface area contributed by atoms with E-state index in [0.717, 1.165) is 37.6 Å². The molecule has 0 aliphatic carbocycles.